The van der Waals surface area contributed by atoms with Crippen molar-refractivity contribution in [1.82, 2.24) is 10.3 Å². The number of pyridine rings is 1. The standard InChI is InChI=1S/C17H19N3O2/c1-12-4-3-5-14(10-12)17(22)18-9-8-16(21)20-15-7-6-13(2)11-19-15/h3-7,10-11H,8-9H2,1-2H3,(H,18,22)(H,19,20,21). The van der Waals surface area contributed by atoms with Gasteiger partial charge in [-0.3, -0.25) is 9.59 Å². The maximum Gasteiger partial charge on any atom is 0.251 e. The van der Waals surface area contributed by atoms with Crippen molar-refractivity contribution in [3.05, 3.63) is 59.3 Å². The van der Waals surface area contributed by atoms with Crippen LogP contribution >= 0.6 is 0 Å². The number of hydrogen-bond donors (Lipinski definition) is 2. The van der Waals surface area contributed by atoms with Crippen LogP contribution in [-0.4, -0.2) is 23.3 Å². The first-order valence-corrected chi connectivity index (χ1v) is 7.12. The molecule has 0 atom stereocenters. The molecule has 2 N–H and O–H groups in total. The SMILES string of the molecule is Cc1ccc(NC(=O)CCNC(=O)c2cccc(C)c2)nc1. The summed E-state index contributed by atoms with van der Waals surface area (Å²) in [5.74, 6) is 0.159. The third kappa shape index (κ3) is 4.70. The van der Waals surface area contributed by atoms with E-state index in [1.165, 1.54) is 0 Å². The summed E-state index contributed by atoms with van der Waals surface area (Å²) in [6.07, 6.45) is 1.89. The summed E-state index contributed by atoms with van der Waals surface area (Å²) < 4.78 is 0. The van der Waals surface area contributed by atoms with E-state index in [1.54, 1.807) is 18.3 Å². The Hall–Kier alpha value is -2.69. The molecule has 0 aliphatic rings. The Kier molecular flexibility index (Phi) is 5.25. The van der Waals surface area contributed by atoms with Gasteiger partial charge in [0.05, 0.1) is 0 Å². The van der Waals surface area contributed by atoms with E-state index in [-0.39, 0.29) is 24.8 Å². The van der Waals surface area contributed by atoms with Crippen molar-refractivity contribution in [2.75, 3.05) is 11.9 Å². The topological polar surface area (TPSA) is 71.1 Å². The van der Waals surface area contributed by atoms with E-state index < -0.39 is 0 Å². The van der Waals surface area contributed by atoms with Gasteiger partial charge in [-0.2, -0.15) is 0 Å². The summed E-state index contributed by atoms with van der Waals surface area (Å²) in [5, 5.41) is 5.42. The van der Waals surface area contributed by atoms with Crippen LogP contribution in [0.5, 0.6) is 0 Å². The lowest BCUT2D eigenvalue weighted by Gasteiger charge is -2.07. The molecule has 0 spiro atoms. The number of amides is 2. The minimum absolute atomic E-state index is 0.176. The zero-order chi connectivity index (χ0) is 15.9. The number of rotatable bonds is 5. The van der Waals surface area contributed by atoms with Crippen LogP contribution < -0.4 is 10.6 Å². The summed E-state index contributed by atoms with van der Waals surface area (Å²) in [4.78, 5) is 27.8. The molecule has 1 heterocycles. The summed E-state index contributed by atoms with van der Waals surface area (Å²) in [6, 6.07) is 10.9. The molecule has 0 radical (unpaired) electrons. The normalized spacial score (nSPS) is 10.1. The second-order valence-corrected chi connectivity index (χ2v) is 5.14. The maximum atomic E-state index is 11.9. The Morgan fingerprint density at radius 1 is 1.09 bits per heavy atom. The molecule has 5 nitrogen and oxygen atoms in total. The molecule has 0 aliphatic carbocycles. The Balaban J connectivity index is 1.77. The van der Waals surface area contributed by atoms with Crippen LogP contribution in [0.15, 0.2) is 42.6 Å². The highest BCUT2D eigenvalue weighted by Crippen LogP contribution is 2.05. The monoisotopic (exact) mass is 297 g/mol. The van der Waals surface area contributed by atoms with Crippen molar-refractivity contribution in [3.63, 3.8) is 0 Å². The highest BCUT2D eigenvalue weighted by molar-refractivity contribution is 5.95. The van der Waals surface area contributed by atoms with E-state index in [1.807, 2.05) is 38.1 Å². The quantitative estimate of drug-likeness (QED) is 0.890. The number of benzene rings is 1. The van der Waals surface area contributed by atoms with Crippen LogP contribution in [0.1, 0.15) is 27.9 Å². The Bertz CT molecular complexity index is 666. The largest absolute Gasteiger partial charge is 0.352 e. The van der Waals surface area contributed by atoms with Gasteiger partial charge in [0.1, 0.15) is 5.82 Å². The number of nitrogens with one attached hydrogen (secondary N) is 2. The predicted octanol–water partition coefficient (Wildman–Crippen LogP) is 2.46. The average Bonchev–Trinajstić information content (AvgIpc) is 2.49. The molecule has 0 unspecified atom stereocenters. The fourth-order valence-electron chi connectivity index (χ4n) is 1.93. The van der Waals surface area contributed by atoms with E-state index in [9.17, 15) is 9.59 Å². The fraction of sp³-hybridized carbons (Fsp3) is 0.235. The first-order chi connectivity index (χ1) is 10.5. The molecule has 0 saturated heterocycles. The van der Waals surface area contributed by atoms with E-state index in [0.717, 1.165) is 11.1 Å². The number of carbonyl (C=O) groups excluding carboxylic acids is 2. The zero-order valence-electron chi connectivity index (χ0n) is 12.7. The smallest absolute Gasteiger partial charge is 0.251 e. The Morgan fingerprint density at radius 3 is 2.59 bits per heavy atom. The number of aryl methyl sites for hydroxylation is 2. The van der Waals surface area contributed by atoms with Crippen LogP contribution in [0.2, 0.25) is 0 Å². The molecule has 1 aromatic heterocycles. The third-order valence-corrected chi connectivity index (χ3v) is 3.10. The van der Waals surface area contributed by atoms with Crippen molar-refractivity contribution in [2.45, 2.75) is 20.3 Å². The van der Waals surface area contributed by atoms with Gasteiger partial charge >= 0.3 is 0 Å². The van der Waals surface area contributed by atoms with Gasteiger partial charge in [0, 0.05) is 24.7 Å². The number of nitrogens with zero attached hydrogens (tertiary/aromatic N) is 1. The summed E-state index contributed by atoms with van der Waals surface area (Å²) >= 11 is 0. The van der Waals surface area contributed by atoms with Gasteiger partial charge in [0.15, 0.2) is 0 Å². The molecule has 2 aromatic rings. The first-order valence-electron chi connectivity index (χ1n) is 7.12. The van der Waals surface area contributed by atoms with Gasteiger partial charge in [-0.25, -0.2) is 4.98 Å². The summed E-state index contributed by atoms with van der Waals surface area (Å²) in [6.45, 7) is 4.14. The van der Waals surface area contributed by atoms with Crippen LogP contribution in [0.4, 0.5) is 5.82 Å². The Morgan fingerprint density at radius 2 is 1.91 bits per heavy atom. The number of hydrogen-bond acceptors (Lipinski definition) is 3. The van der Waals surface area contributed by atoms with E-state index in [0.29, 0.717) is 11.4 Å². The Labute approximate surface area is 129 Å². The molecular weight excluding hydrogens is 278 g/mol. The van der Waals surface area contributed by atoms with Gasteiger partial charge in [0.25, 0.3) is 5.91 Å². The van der Waals surface area contributed by atoms with Gasteiger partial charge in [-0.15, -0.1) is 0 Å². The third-order valence-electron chi connectivity index (χ3n) is 3.10. The minimum Gasteiger partial charge on any atom is -0.352 e. The van der Waals surface area contributed by atoms with Gasteiger partial charge in [0.2, 0.25) is 5.91 Å². The highest BCUT2D eigenvalue weighted by Gasteiger charge is 2.07. The van der Waals surface area contributed by atoms with Crippen LogP contribution in [0.25, 0.3) is 0 Å². The molecule has 114 valence electrons. The lowest BCUT2D eigenvalue weighted by molar-refractivity contribution is -0.116. The van der Waals surface area contributed by atoms with E-state index >= 15 is 0 Å². The van der Waals surface area contributed by atoms with Crippen LogP contribution in [-0.2, 0) is 4.79 Å². The average molecular weight is 297 g/mol. The van der Waals surface area contributed by atoms with E-state index in [2.05, 4.69) is 15.6 Å². The van der Waals surface area contributed by atoms with Gasteiger partial charge in [-0.1, -0.05) is 23.8 Å². The summed E-state index contributed by atoms with van der Waals surface area (Å²) in [5.41, 5.74) is 2.65. The molecule has 2 rings (SSSR count). The predicted molar refractivity (Wildman–Crippen MR) is 85.7 cm³/mol. The van der Waals surface area contributed by atoms with Gasteiger partial charge < -0.3 is 10.6 Å². The van der Waals surface area contributed by atoms with Crippen molar-refractivity contribution in [1.29, 1.82) is 0 Å². The number of aromatic nitrogens is 1. The molecular formula is C17H19N3O2. The molecule has 2 amide bonds. The maximum absolute atomic E-state index is 11.9. The molecule has 0 fully saturated rings. The van der Waals surface area contributed by atoms with Crippen LogP contribution in [0, 0.1) is 13.8 Å². The van der Waals surface area contributed by atoms with Crippen molar-refractivity contribution in [2.24, 2.45) is 0 Å². The second-order valence-electron chi connectivity index (χ2n) is 5.14. The molecule has 1 aromatic carbocycles. The lowest BCUT2D eigenvalue weighted by atomic mass is 10.1. The first kappa shape index (κ1) is 15.7. The molecule has 5 heteroatoms. The summed E-state index contributed by atoms with van der Waals surface area (Å²) in [7, 11) is 0. The van der Waals surface area contributed by atoms with Gasteiger partial charge in [-0.05, 0) is 37.6 Å². The molecule has 22 heavy (non-hydrogen) atoms. The number of carbonyl (C=O) groups is 2. The van der Waals surface area contributed by atoms with Crippen LogP contribution in [0.3, 0.4) is 0 Å². The van der Waals surface area contributed by atoms with Crippen molar-refractivity contribution < 1.29 is 9.59 Å². The van der Waals surface area contributed by atoms with Crippen molar-refractivity contribution >= 4 is 17.6 Å². The molecule has 0 bridgehead atoms. The fourth-order valence-corrected chi connectivity index (χ4v) is 1.93. The number of anilines is 1. The lowest BCUT2D eigenvalue weighted by Crippen LogP contribution is -2.27. The van der Waals surface area contributed by atoms with Crippen molar-refractivity contribution in [3.8, 4) is 0 Å². The molecule has 0 aliphatic heterocycles. The second kappa shape index (κ2) is 7.36. The van der Waals surface area contributed by atoms with E-state index in [4.69, 9.17) is 0 Å². The minimum atomic E-state index is -0.180. The molecule has 0 saturated carbocycles. The zero-order valence-corrected chi connectivity index (χ0v) is 12.7. The highest BCUT2D eigenvalue weighted by atomic mass is 16.2.